The molecule has 0 aliphatic carbocycles. The highest BCUT2D eigenvalue weighted by molar-refractivity contribution is 9.10. The second kappa shape index (κ2) is 8.90. The Morgan fingerprint density at radius 1 is 1.23 bits per heavy atom. The lowest BCUT2D eigenvalue weighted by Gasteiger charge is -2.36. The fourth-order valence-electron chi connectivity index (χ4n) is 3.09. The van der Waals surface area contributed by atoms with E-state index in [-0.39, 0.29) is 0 Å². The van der Waals surface area contributed by atoms with Crippen LogP contribution in [-0.2, 0) is 0 Å². The van der Waals surface area contributed by atoms with Crippen molar-refractivity contribution in [3.63, 3.8) is 0 Å². The summed E-state index contributed by atoms with van der Waals surface area (Å²) in [5.41, 5.74) is 1.33. The average Bonchev–Trinajstić information content (AvgIpc) is 2.51. The molecule has 0 saturated carbocycles. The van der Waals surface area contributed by atoms with Crippen LogP contribution in [0.5, 0.6) is 5.75 Å². The highest BCUT2D eigenvalue weighted by Crippen LogP contribution is 2.36. The van der Waals surface area contributed by atoms with Gasteiger partial charge in [0, 0.05) is 42.3 Å². The first kappa shape index (κ1) is 17.8. The molecule has 0 amide bonds. The monoisotopic (exact) mass is 368 g/mol. The van der Waals surface area contributed by atoms with Crippen molar-refractivity contribution in [2.45, 2.75) is 39.7 Å². The quantitative estimate of drug-likeness (QED) is 0.779. The molecule has 1 heterocycles. The van der Waals surface area contributed by atoms with Gasteiger partial charge in [0.25, 0.3) is 0 Å². The van der Waals surface area contributed by atoms with Crippen LogP contribution in [0.4, 0.5) is 0 Å². The fourth-order valence-corrected chi connectivity index (χ4v) is 3.47. The van der Waals surface area contributed by atoms with E-state index < -0.39 is 0 Å². The van der Waals surface area contributed by atoms with Gasteiger partial charge in [-0.3, -0.25) is 4.90 Å². The molecule has 0 bridgehead atoms. The molecule has 1 aliphatic rings. The smallest absolute Gasteiger partial charge is 0.124 e. The number of hydrogen-bond acceptors (Lipinski definition) is 3. The van der Waals surface area contributed by atoms with E-state index in [4.69, 9.17) is 4.74 Å². The molecule has 1 N–H and O–H groups in total. The third-order valence-electron chi connectivity index (χ3n) is 4.24. The number of halogens is 1. The molecule has 0 unspecified atom stereocenters. The SMILES string of the molecule is CCOc1ccc(Br)cc1[C@@H](CCC(C)C)N1CCNCC1. The normalized spacial score (nSPS) is 17.7. The van der Waals surface area contributed by atoms with Crippen LogP contribution in [0.25, 0.3) is 0 Å². The van der Waals surface area contributed by atoms with Gasteiger partial charge in [-0.25, -0.2) is 0 Å². The zero-order valence-corrected chi connectivity index (χ0v) is 15.7. The molecule has 124 valence electrons. The van der Waals surface area contributed by atoms with Gasteiger partial charge in [-0.05, 0) is 43.9 Å². The van der Waals surface area contributed by atoms with Crippen LogP contribution in [0, 0.1) is 5.92 Å². The predicted octanol–water partition coefficient (Wildman–Crippen LogP) is 4.23. The summed E-state index contributed by atoms with van der Waals surface area (Å²) >= 11 is 3.63. The molecule has 1 saturated heterocycles. The van der Waals surface area contributed by atoms with Gasteiger partial charge < -0.3 is 10.1 Å². The zero-order chi connectivity index (χ0) is 15.9. The maximum Gasteiger partial charge on any atom is 0.124 e. The lowest BCUT2D eigenvalue weighted by atomic mass is 9.95. The number of nitrogens with zero attached hydrogens (tertiary/aromatic N) is 1. The van der Waals surface area contributed by atoms with Crippen LogP contribution < -0.4 is 10.1 Å². The van der Waals surface area contributed by atoms with Crippen molar-refractivity contribution in [1.29, 1.82) is 0 Å². The van der Waals surface area contributed by atoms with Crippen molar-refractivity contribution >= 4 is 15.9 Å². The van der Waals surface area contributed by atoms with Gasteiger partial charge in [0.1, 0.15) is 5.75 Å². The Morgan fingerprint density at radius 3 is 2.59 bits per heavy atom. The molecular formula is C18H29BrN2O. The first-order valence-corrected chi connectivity index (χ1v) is 9.28. The summed E-state index contributed by atoms with van der Waals surface area (Å²) in [6, 6.07) is 6.88. The van der Waals surface area contributed by atoms with Crippen molar-refractivity contribution in [3.8, 4) is 5.75 Å². The van der Waals surface area contributed by atoms with Gasteiger partial charge in [-0.1, -0.05) is 29.8 Å². The van der Waals surface area contributed by atoms with Crippen LogP contribution in [0.2, 0.25) is 0 Å². The van der Waals surface area contributed by atoms with Crippen molar-refractivity contribution in [2.24, 2.45) is 5.92 Å². The summed E-state index contributed by atoms with van der Waals surface area (Å²) in [6.45, 7) is 11.8. The van der Waals surface area contributed by atoms with Crippen molar-refractivity contribution in [3.05, 3.63) is 28.2 Å². The second-order valence-corrected chi connectivity index (χ2v) is 7.30. The number of piperazine rings is 1. The maximum atomic E-state index is 5.91. The summed E-state index contributed by atoms with van der Waals surface area (Å²) in [6.07, 6.45) is 2.43. The third-order valence-corrected chi connectivity index (χ3v) is 4.73. The zero-order valence-electron chi connectivity index (χ0n) is 14.1. The van der Waals surface area contributed by atoms with Crippen molar-refractivity contribution in [2.75, 3.05) is 32.8 Å². The number of hydrogen-bond donors (Lipinski definition) is 1. The van der Waals surface area contributed by atoms with Gasteiger partial charge in [-0.15, -0.1) is 0 Å². The van der Waals surface area contributed by atoms with Crippen molar-refractivity contribution < 1.29 is 4.74 Å². The molecular weight excluding hydrogens is 340 g/mol. The van der Waals surface area contributed by atoms with E-state index in [1.54, 1.807) is 0 Å². The third kappa shape index (κ3) is 4.97. The predicted molar refractivity (Wildman–Crippen MR) is 96.6 cm³/mol. The summed E-state index contributed by atoms with van der Waals surface area (Å²) < 4.78 is 7.04. The number of ether oxygens (including phenoxy) is 1. The molecule has 0 spiro atoms. The average molecular weight is 369 g/mol. The largest absolute Gasteiger partial charge is 0.494 e. The highest BCUT2D eigenvalue weighted by atomic mass is 79.9. The number of benzene rings is 1. The minimum atomic E-state index is 0.448. The lowest BCUT2D eigenvalue weighted by Crippen LogP contribution is -2.45. The molecule has 1 fully saturated rings. The fraction of sp³-hybridized carbons (Fsp3) is 0.667. The van der Waals surface area contributed by atoms with Crippen LogP contribution in [0.3, 0.4) is 0 Å². The van der Waals surface area contributed by atoms with E-state index >= 15 is 0 Å². The van der Waals surface area contributed by atoms with Gasteiger partial charge in [0.05, 0.1) is 6.61 Å². The van der Waals surface area contributed by atoms with Gasteiger partial charge in [0.2, 0.25) is 0 Å². The van der Waals surface area contributed by atoms with Crippen LogP contribution in [-0.4, -0.2) is 37.7 Å². The molecule has 4 heteroatoms. The Labute approximate surface area is 143 Å². The van der Waals surface area contributed by atoms with E-state index in [1.165, 1.54) is 18.4 Å². The van der Waals surface area contributed by atoms with Crippen LogP contribution >= 0.6 is 15.9 Å². The van der Waals surface area contributed by atoms with Crippen LogP contribution in [0.1, 0.15) is 45.2 Å². The minimum Gasteiger partial charge on any atom is -0.494 e. The Hall–Kier alpha value is -0.580. The summed E-state index contributed by atoms with van der Waals surface area (Å²) in [7, 11) is 0. The Bertz CT molecular complexity index is 458. The Balaban J connectivity index is 2.27. The van der Waals surface area contributed by atoms with Crippen LogP contribution in [0.15, 0.2) is 22.7 Å². The Morgan fingerprint density at radius 2 is 1.95 bits per heavy atom. The lowest BCUT2D eigenvalue weighted by molar-refractivity contribution is 0.156. The molecule has 1 atom stereocenters. The second-order valence-electron chi connectivity index (χ2n) is 6.39. The van der Waals surface area contributed by atoms with E-state index in [9.17, 15) is 0 Å². The molecule has 1 aromatic rings. The molecule has 1 aromatic carbocycles. The summed E-state index contributed by atoms with van der Waals surface area (Å²) in [5, 5.41) is 3.45. The molecule has 3 nitrogen and oxygen atoms in total. The first-order valence-electron chi connectivity index (χ1n) is 8.48. The van der Waals surface area contributed by atoms with E-state index in [2.05, 4.69) is 65.1 Å². The van der Waals surface area contributed by atoms with Gasteiger partial charge in [-0.2, -0.15) is 0 Å². The molecule has 22 heavy (non-hydrogen) atoms. The minimum absolute atomic E-state index is 0.448. The topological polar surface area (TPSA) is 24.5 Å². The standard InChI is InChI=1S/C18H29BrN2O/c1-4-22-18-8-6-15(19)13-16(18)17(7-5-14(2)3)21-11-9-20-10-12-21/h6,8,13-14,17,20H,4-5,7,9-12H2,1-3H3/t17-/m1/s1. The first-order chi connectivity index (χ1) is 10.6. The number of nitrogens with one attached hydrogen (secondary N) is 1. The molecule has 0 aromatic heterocycles. The molecule has 1 aliphatic heterocycles. The van der Waals surface area contributed by atoms with Gasteiger partial charge in [0.15, 0.2) is 0 Å². The number of rotatable bonds is 7. The maximum absolute atomic E-state index is 5.91. The summed E-state index contributed by atoms with van der Waals surface area (Å²) in [4.78, 5) is 2.61. The van der Waals surface area contributed by atoms with Gasteiger partial charge >= 0.3 is 0 Å². The van der Waals surface area contributed by atoms with E-state index in [0.29, 0.717) is 12.6 Å². The summed E-state index contributed by atoms with van der Waals surface area (Å²) in [5.74, 6) is 1.77. The molecule has 2 rings (SSSR count). The highest BCUT2D eigenvalue weighted by Gasteiger charge is 2.25. The van der Waals surface area contributed by atoms with E-state index in [1.807, 2.05) is 0 Å². The van der Waals surface area contributed by atoms with E-state index in [0.717, 1.165) is 42.3 Å². The Kier molecular flexibility index (Phi) is 7.19. The van der Waals surface area contributed by atoms with Crippen molar-refractivity contribution in [1.82, 2.24) is 10.2 Å². The molecule has 0 radical (unpaired) electrons.